The van der Waals surface area contributed by atoms with Gasteiger partial charge in [0.1, 0.15) is 5.78 Å². The number of Topliss-reactive ketones (excluding diaryl/α,β-unsaturated/α-hetero) is 1. The van der Waals surface area contributed by atoms with Crippen LogP contribution in [0.3, 0.4) is 0 Å². The normalized spacial score (nSPS) is 48.2. The summed E-state index contributed by atoms with van der Waals surface area (Å²) in [6, 6.07) is 0. The molecular formula is C21H34O. The Kier molecular flexibility index (Phi) is 3.66. The highest BCUT2D eigenvalue weighted by atomic mass is 16.1. The van der Waals surface area contributed by atoms with Gasteiger partial charge in [-0.2, -0.15) is 0 Å². The Morgan fingerprint density at radius 3 is 1.59 bits per heavy atom. The standard InChI is InChI=1S/C11H18.C10H16O/c1-7(2)11-5-8(3)9(4)10(11)6-11;1-6(2)10-4-8(10)7(3)9(11)5-10/h7,9-10H,3,5-6H2,1-2,4H3;6-8H,4-5H2,1-3H3/t9-,10-,11-;7-,8-,10+/m11/s1. The van der Waals surface area contributed by atoms with Crippen LogP contribution in [0, 0.1) is 46.3 Å². The summed E-state index contributed by atoms with van der Waals surface area (Å²) in [4.78, 5) is 11.3. The minimum absolute atomic E-state index is 0.373. The van der Waals surface area contributed by atoms with Crippen LogP contribution in [-0.2, 0) is 4.79 Å². The first kappa shape index (κ1) is 16.3. The van der Waals surface area contributed by atoms with Gasteiger partial charge in [0.15, 0.2) is 0 Å². The summed E-state index contributed by atoms with van der Waals surface area (Å²) < 4.78 is 0. The Bertz CT molecular complexity index is 456. The van der Waals surface area contributed by atoms with Crippen LogP contribution < -0.4 is 0 Å². The summed E-state index contributed by atoms with van der Waals surface area (Å²) in [7, 11) is 0. The third kappa shape index (κ3) is 2.14. The van der Waals surface area contributed by atoms with Gasteiger partial charge in [-0.05, 0) is 59.7 Å². The van der Waals surface area contributed by atoms with Crippen molar-refractivity contribution >= 4 is 5.78 Å². The molecule has 0 spiro atoms. The van der Waals surface area contributed by atoms with Gasteiger partial charge < -0.3 is 0 Å². The molecule has 124 valence electrons. The van der Waals surface area contributed by atoms with Crippen LogP contribution in [0.15, 0.2) is 12.2 Å². The van der Waals surface area contributed by atoms with E-state index in [1.165, 1.54) is 24.8 Å². The molecule has 6 atom stereocenters. The number of carbonyl (C=O) groups excluding carboxylic acids is 1. The predicted octanol–water partition coefficient (Wildman–Crippen LogP) is 5.50. The molecule has 4 aliphatic rings. The molecule has 4 rings (SSSR count). The number of rotatable bonds is 2. The molecule has 0 N–H and O–H groups in total. The van der Waals surface area contributed by atoms with Gasteiger partial charge in [0.2, 0.25) is 0 Å². The second-order valence-electron chi connectivity index (χ2n) is 9.45. The van der Waals surface area contributed by atoms with Crippen molar-refractivity contribution in [2.24, 2.45) is 46.3 Å². The van der Waals surface area contributed by atoms with E-state index in [-0.39, 0.29) is 0 Å². The van der Waals surface area contributed by atoms with Crippen LogP contribution in [0.2, 0.25) is 0 Å². The molecule has 1 nitrogen and oxygen atoms in total. The SMILES string of the molecule is C=C1C[C@]2(C(C)C)C[C@@H]2[C@@H]1C.CC(C)[C@]12CC(=O)[C@H](C)[C@H]1C2. The lowest BCUT2D eigenvalue weighted by Crippen LogP contribution is -2.10. The van der Waals surface area contributed by atoms with E-state index in [9.17, 15) is 4.79 Å². The van der Waals surface area contributed by atoms with Crippen LogP contribution in [0.1, 0.15) is 67.2 Å². The van der Waals surface area contributed by atoms with Crippen LogP contribution in [0.5, 0.6) is 0 Å². The highest BCUT2D eigenvalue weighted by Crippen LogP contribution is 2.71. The van der Waals surface area contributed by atoms with E-state index < -0.39 is 0 Å². The monoisotopic (exact) mass is 302 g/mol. The molecule has 0 aromatic rings. The maximum absolute atomic E-state index is 11.3. The fourth-order valence-corrected chi connectivity index (χ4v) is 5.77. The summed E-state index contributed by atoms with van der Waals surface area (Å²) in [5.41, 5.74) is 2.67. The lowest BCUT2D eigenvalue weighted by molar-refractivity contribution is -0.121. The summed E-state index contributed by atoms with van der Waals surface area (Å²) in [6.45, 7) is 17.8. The Balaban J connectivity index is 0.000000131. The second kappa shape index (κ2) is 4.95. The van der Waals surface area contributed by atoms with Crippen molar-refractivity contribution in [3.05, 3.63) is 12.2 Å². The highest BCUT2D eigenvalue weighted by Gasteiger charge is 2.65. The Labute approximate surface area is 136 Å². The van der Waals surface area contributed by atoms with Crippen molar-refractivity contribution in [1.29, 1.82) is 0 Å². The van der Waals surface area contributed by atoms with Gasteiger partial charge in [-0.15, -0.1) is 0 Å². The molecule has 0 aromatic heterocycles. The third-order valence-electron chi connectivity index (χ3n) is 8.07. The van der Waals surface area contributed by atoms with E-state index in [1.54, 1.807) is 0 Å². The zero-order valence-corrected chi connectivity index (χ0v) is 15.4. The van der Waals surface area contributed by atoms with Crippen LogP contribution >= 0.6 is 0 Å². The number of fused-ring (bicyclic) bond motifs is 2. The number of hydrogen-bond acceptors (Lipinski definition) is 1. The largest absolute Gasteiger partial charge is 0.299 e. The van der Waals surface area contributed by atoms with E-state index in [4.69, 9.17) is 0 Å². The van der Waals surface area contributed by atoms with E-state index >= 15 is 0 Å². The van der Waals surface area contributed by atoms with Gasteiger partial charge in [0, 0.05) is 12.3 Å². The van der Waals surface area contributed by atoms with Crippen molar-refractivity contribution in [3.63, 3.8) is 0 Å². The van der Waals surface area contributed by atoms with Gasteiger partial charge in [0.25, 0.3) is 0 Å². The topological polar surface area (TPSA) is 17.1 Å². The van der Waals surface area contributed by atoms with Crippen LogP contribution in [0.25, 0.3) is 0 Å². The van der Waals surface area contributed by atoms with Crippen molar-refractivity contribution in [1.82, 2.24) is 0 Å². The Morgan fingerprint density at radius 1 is 0.909 bits per heavy atom. The van der Waals surface area contributed by atoms with Gasteiger partial charge >= 0.3 is 0 Å². The van der Waals surface area contributed by atoms with Gasteiger partial charge in [-0.1, -0.05) is 53.7 Å². The van der Waals surface area contributed by atoms with Crippen molar-refractivity contribution in [2.75, 3.05) is 0 Å². The quantitative estimate of drug-likeness (QED) is 0.615. The van der Waals surface area contributed by atoms with Crippen LogP contribution in [-0.4, -0.2) is 5.78 Å². The molecule has 0 radical (unpaired) electrons. The molecule has 0 unspecified atom stereocenters. The van der Waals surface area contributed by atoms with Gasteiger partial charge in [0.05, 0.1) is 0 Å². The maximum Gasteiger partial charge on any atom is 0.136 e. The Morgan fingerprint density at radius 2 is 1.36 bits per heavy atom. The summed E-state index contributed by atoms with van der Waals surface area (Å²) in [5, 5.41) is 0. The molecular weight excluding hydrogens is 268 g/mol. The lowest BCUT2D eigenvalue weighted by atomic mass is 9.89. The summed E-state index contributed by atoms with van der Waals surface area (Å²) >= 11 is 0. The fourth-order valence-electron chi connectivity index (χ4n) is 5.77. The van der Waals surface area contributed by atoms with E-state index in [0.717, 1.165) is 30.1 Å². The first-order valence-electron chi connectivity index (χ1n) is 9.36. The Hall–Kier alpha value is -0.590. The van der Waals surface area contributed by atoms with Crippen LogP contribution in [0.4, 0.5) is 0 Å². The van der Waals surface area contributed by atoms with Crippen molar-refractivity contribution in [3.8, 4) is 0 Å². The minimum Gasteiger partial charge on any atom is -0.299 e. The molecule has 4 saturated carbocycles. The molecule has 1 heteroatoms. The third-order valence-corrected chi connectivity index (χ3v) is 8.07. The summed E-state index contributed by atoms with van der Waals surface area (Å²) in [6.07, 6.45) is 4.98. The van der Waals surface area contributed by atoms with Gasteiger partial charge in [-0.25, -0.2) is 0 Å². The smallest absolute Gasteiger partial charge is 0.136 e. The first-order valence-corrected chi connectivity index (χ1v) is 9.36. The molecule has 0 aliphatic heterocycles. The highest BCUT2D eigenvalue weighted by molar-refractivity contribution is 5.86. The number of allylic oxidation sites excluding steroid dienone is 1. The predicted molar refractivity (Wildman–Crippen MR) is 92.5 cm³/mol. The molecule has 4 aliphatic carbocycles. The average molecular weight is 303 g/mol. The van der Waals surface area contributed by atoms with Crippen molar-refractivity contribution < 1.29 is 4.79 Å². The molecule has 0 bridgehead atoms. The first-order chi connectivity index (χ1) is 10.2. The van der Waals surface area contributed by atoms with E-state index in [2.05, 4.69) is 48.1 Å². The summed E-state index contributed by atoms with van der Waals surface area (Å²) in [5.74, 6) is 5.02. The maximum atomic E-state index is 11.3. The lowest BCUT2D eigenvalue weighted by Gasteiger charge is -2.15. The molecule has 0 heterocycles. The average Bonchev–Trinajstić information content (AvgIpc) is 3.29. The van der Waals surface area contributed by atoms with Crippen molar-refractivity contribution in [2.45, 2.75) is 67.2 Å². The minimum atomic E-state index is 0.373. The molecule has 0 amide bonds. The zero-order valence-electron chi connectivity index (χ0n) is 15.4. The number of carbonyl (C=O) groups is 1. The molecule has 4 fully saturated rings. The van der Waals surface area contributed by atoms with E-state index in [0.29, 0.717) is 28.4 Å². The van der Waals surface area contributed by atoms with E-state index in [1.807, 2.05) is 0 Å². The molecule has 0 saturated heterocycles. The molecule has 22 heavy (non-hydrogen) atoms. The number of ketones is 1. The second-order valence-corrected chi connectivity index (χ2v) is 9.45. The number of hydrogen-bond donors (Lipinski definition) is 0. The van der Waals surface area contributed by atoms with Gasteiger partial charge in [-0.3, -0.25) is 4.79 Å². The molecule has 0 aromatic carbocycles. The zero-order chi connectivity index (χ0) is 16.4. The fraction of sp³-hybridized carbons (Fsp3) is 0.857.